The zero-order valence-electron chi connectivity index (χ0n) is 30.5. The molecule has 4 heterocycles. The molecule has 0 unspecified atom stereocenters. The van der Waals surface area contributed by atoms with Crippen LogP contribution < -0.4 is 19.6 Å². The number of anilines is 1. The molecule has 1 aromatic heterocycles. The van der Waals surface area contributed by atoms with Crippen LogP contribution in [0.2, 0.25) is 0 Å². The Balaban J connectivity index is 1.33. The van der Waals surface area contributed by atoms with Crippen LogP contribution in [-0.4, -0.2) is 102 Å². The average molecular weight is 736 g/mol. The number of carbonyl (C=O) groups is 4. The van der Waals surface area contributed by atoms with Gasteiger partial charge in [-0.15, -0.1) is 5.10 Å². The number of fused-ring (bicyclic) bond motifs is 2. The number of carbonyl (C=O) groups excluding carboxylic acids is 4. The Labute approximate surface area is 304 Å². The number of hydrogen-bond acceptors (Lipinski definition) is 15. The van der Waals surface area contributed by atoms with Gasteiger partial charge in [0.2, 0.25) is 5.36 Å². The van der Waals surface area contributed by atoms with Gasteiger partial charge in [-0.25, -0.2) is 14.2 Å². The first-order valence-corrected chi connectivity index (χ1v) is 17.3. The second-order valence-electron chi connectivity index (χ2n) is 13.2. The zero-order chi connectivity index (χ0) is 37.8. The van der Waals surface area contributed by atoms with E-state index in [1.807, 2.05) is 49.0 Å². The van der Waals surface area contributed by atoms with Gasteiger partial charge < -0.3 is 37.7 Å². The highest BCUT2D eigenvalue weighted by molar-refractivity contribution is 5.86. The van der Waals surface area contributed by atoms with Crippen LogP contribution in [0.5, 0.6) is 5.75 Å². The van der Waals surface area contributed by atoms with Gasteiger partial charge in [0, 0.05) is 64.7 Å². The first-order chi connectivity index (χ1) is 25.4. The molecule has 0 spiro atoms. The third kappa shape index (κ3) is 8.73. The quantitative estimate of drug-likeness (QED) is 0.0999. The summed E-state index contributed by atoms with van der Waals surface area (Å²) in [7, 11) is 3.92. The Morgan fingerprint density at radius 3 is 2.25 bits per heavy atom. The Hall–Kier alpha value is -5.58. The normalized spacial score (nSPS) is 21.5. The zero-order valence-corrected chi connectivity index (χ0v) is 30.5. The van der Waals surface area contributed by atoms with Crippen LogP contribution in [0.3, 0.4) is 0 Å². The second-order valence-corrected chi connectivity index (χ2v) is 13.2. The summed E-state index contributed by atoms with van der Waals surface area (Å²) in [6.07, 6.45) is -1.54. The van der Waals surface area contributed by atoms with E-state index in [2.05, 4.69) is 15.2 Å². The van der Waals surface area contributed by atoms with Crippen LogP contribution in [-0.2, 0) is 49.5 Å². The lowest BCUT2D eigenvalue weighted by atomic mass is 9.97. The number of aromatic nitrogens is 4. The maximum absolute atomic E-state index is 12.3. The van der Waals surface area contributed by atoms with Gasteiger partial charge >= 0.3 is 23.9 Å². The van der Waals surface area contributed by atoms with E-state index in [0.29, 0.717) is 34.0 Å². The van der Waals surface area contributed by atoms with Crippen LogP contribution >= 0.6 is 0 Å². The van der Waals surface area contributed by atoms with E-state index in [1.54, 1.807) is 0 Å². The molecule has 17 heteroatoms. The fourth-order valence-electron chi connectivity index (χ4n) is 6.47. The van der Waals surface area contributed by atoms with Gasteiger partial charge in [0.05, 0.1) is 12.3 Å². The minimum atomic E-state index is -1.36. The molecule has 5 atom stereocenters. The molecule has 17 nitrogen and oxygen atoms in total. The van der Waals surface area contributed by atoms with Crippen molar-refractivity contribution in [2.45, 2.75) is 84.2 Å². The van der Waals surface area contributed by atoms with Crippen LogP contribution in [0.15, 0.2) is 40.9 Å². The largest absolute Gasteiger partial charge is 0.485 e. The molecular weight excluding hydrogens is 692 g/mol. The van der Waals surface area contributed by atoms with Gasteiger partial charge in [-0.3, -0.25) is 19.2 Å². The number of rotatable bonds is 10. The predicted octanol–water partition coefficient (Wildman–Crippen LogP) is 2.38. The van der Waals surface area contributed by atoms with Crippen LogP contribution in [0.25, 0.3) is 22.6 Å². The van der Waals surface area contributed by atoms with Gasteiger partial charge in [0.25, 0.3) is 0 Å². The summed E-state index contributed by atoms with van der Waals surface area (Å²) in [4.78, 5) is 55.6. The van der Waals surface area contributed by atoms with E-state index in [9.17, 15) is 19.2 Å². The standard InChI is InChI=1S/C36H43N6O11/c1-20(43)47-19-31-33(49-21(2)44)34(50-22(3)45)35(51-23(4)46)36(53-31)42-17-24(38-39-42)18-48-29-15-26(41-12-8-7-9-13-41)16-30-32(29)37-27-11-10-25(40(5)6)14-28(27)52-30/h10-11,14-17,31,33-36H,7-9,12-13,18-19H2,1-6H3/q+1/t31-,33-,34+,35-,36-/m1/s1. The lowest BCUT2D eigenvalue weighted by Crippen LogP contribution is -2.60. The van der Waals surface area contributed by atoms with Crippen LogP contribution in [0, 0.1) is 0 Å². The molecule has 1 aromatic carbocycles. The van der Waals surface area contributed by atoms with Crippen molar-refractivity contribution in [3.8, 4) is 17.2 Å². The van der Waals surface area contributed by atoms with Crippen LogP contribution in [0.4, 0.5) is 5.69 Å². The lowest BCUT2D eigenvalue weighted by molar-refractivity contribution is -0.270. The van der Waals surface area contributed by atoms with Crippen molar-refractivity contribution in [3.63, 3.8) is 0 Å². The highest BCUT2D eigenvalue weighted by Gasteiger charge is 2.53. The Bertz CT molecular complexity index is 2030. The first-order valence-electron chi connectivity index (χ1n) is 17.3. The number of benzene rings is 2. The van der Waals surface area contributed by atoms with Crippen LogP contribution in [0.1, 0.15) is 58.9 Å². The van der Waals surface area contributed by atoms with Gasteiger partial charge in [-0.1, -0.05) is 5.21 Å². The van der Waals surface area contributed by atoms with Gasteiger partial charge in [0.15, 0.2) is 41.6 Å². The summed E-state index contributed by atoms with van der Waals surface area (Å²) in [5.74, 6) is -1.70. The summed E-state index contributed by atoms with van der Waals surface area (Å²) in [5.41, 5.74) is 3.06. The number of piperidine rings is 1. The maximum Gasteiger partial charge on any atom is 0.303 e. The molecule has 2 aromatic rings. The van der Waals surface area contributed by atoms with Gasteiger partial charge in [-0.05, 0) is 25.3 Å². The summed E-state index contributed by atoms with van der Waals surface area (Å²) in [5, 5.41) is 9.47. The predicted molar refractivity (Wildman–Crippen MR) is 185 cm³/mol. The minimum absolute atomic E-state index is 0.0525. The van der Waals surface area contributed by atoms with Crippen molar-refractivity contribution in [2.24, 2.45) is 0 Å². The Morgan fingerprint density at radius 2 is 1.57 bits per heavy atom. The molecule has 282 valence electrons. The van der Waals surface area contributed by atoms with Crippen molar-refractivity contribution in [1.82, 2.24) is 24.6 Å². The number of esters is 4. The van der Waals surface area contributed by atoms with E-state index < -0.39 is 54.5 Å². The smallest absolute Gasteiger partial charge is 0.303 e. The minimum Gasteiger partial charge on any atom is -0.485 e. The molecule has 2 saturated heterocycles. The van der Waals surface area contributed by atoms with Gasteiger partial charge in [0.1, 0.15) is 50.3 Å². The molecule has 0 amide bonds. The number of ether oxygens (including phenoxy) is 6. The lowest BCUT2D eigenvalue weighted by Gasteiger charge is -2.44. The molecule has 0 radical (unpaired) electrons. The topological polar surface area (TPSA) is 187 Å². The third-order valence-electron chi connectivity index (χ3n) is 8.82. The Kier molecular flexibility index (Phi) is 11.2. The van der Waals surface area contributed by atoms with Crippen molar-refractivity contribution < 1.29 is 52.0 Å². The molecule has 6 rings (SSSR count). The molecule has 0 saturated carbocycles. The number of hydrogen-bond donors (Lipinski definition) is 0. The molecule has 0 bridgehead atoms. The van der Waals surface area contributed by atoms with Crippen molar-refractivity contribution in [2.75, 3.05) is 38.7 Å². The molecule has 0 N–H and O–H groups in total. The first kappa shape index (κ1) is 37.2. The molecule has 2 fully saturated rings. The highest BCUT2D eigenvalue weighted by atomic mass is 16.7. The summed E-state index contributed by atoms with van der Waals surface area (Å²) in [6, 6.07) is 9.74. The molecule has 1 aliphatic carbocycles. The summed E-state index contributed by atoms with van der Waals surface area (Å²) >= 11 is 0. The van der Waals surface area contributed by atoms with Crippen molar-refractivity contribution in [3.05, 3.63) is 47.6 Å². The summed E-state index contributed by atoms with van der Waals surface area (Å²) < 4.78 is 44.1. The average Bonchev–Trinajstić information content (AvgIpc) is 3.59. The fraction of sp³-hybridized carbons (Fsp3) is 0.500. The molecule has 53 heavy (non-hydrogen) atoms. The second kappa shape index (κ2) is 16.0. The van der Waals surface area contributed by atoms with E-state index in [4.69, 9.17) is 37.8 Å². The van der Waals surface area contributed by atoms with E-state index in [1.165, 1.54) is 31.1 Å². The van der Waals surface area contributed by atoms with Crippen molar-refractivity contribution in [1.29, 1.82) is 0 Å². The fourth-order valence-corrected chi connectivity index (χ4v) is 6.47. The number of nitrogens with zero attached hydrogens (tertiary/aromatic N) is 6. The molecule has 4 aliphatic rings. The highest BCUT2D eigenvalue weighted by Crippen LogP contribution is 2.37. The monoisotopic (exact) mass is 735 g/mol. The molecule has 3 aliphatic heterocycles. The summed E-state index contributed by atoms with van der Waals surface area (Å²) in [6.45, 7) is 6.06. The maximum atomic E-state index is 12.3. The van der Waals surface area contributed by atoms with E-state index >= 15 is 0 Å². The Morgan fingerprint density at radius 1 is 0.868 bits per heavy atom. The molecular formula is C36H43N6O11+. The van der Waals surface area contributed by atoms with E-state index in [0.717, 1.165) is 50.8 Å². The third-order valence-corrected chi connectivity index (χ3v) is 8.82. The SMILES string of the molecule is CC(=O)OC[C@H]1O[C@@H](n2cc(COc3cc(N4CCCCC4)cc4oc5cc(=[N+](C)C)ccc-5nc34)nn2)[C@H](OC(C)=O)[C@@H](OC(C)=O)[C@@H]1OC(C)=O. The van der Waals surface area contributed by atoms with E-state index in [-0.39, 0.29) is 13.2 Å². The van der Waals surface area contributed by atoms with Crippen molar-refractivity contribution >= 4 is 40.7 Å². The van der Waals surface area contributed by atoms with Gasteiger partial charge in [-0.2, -0.15) is 0 Å².